The van der Waals surface area contributed by atoms with Gasteiger partial charge in [0.15, 0.2) is 0 Å². The summed E-state index contributed by atoms with van der Waals surface area (Å²) >= 11 is 10.3. The third kappa shape index (κ3) is 4.09. The van der Waals surface area contributed by atoms with Crippen molar-refractivity contribution in [1.29, 1.82) is 0 Å². The smallest absolute Gasteiger partial charge is 0.0779 e. The zero-order valence-corrected chi connectivity index (χ0v) is 11.4. The summed E-state index contributed by atoms with van der Waals surface area (Å²) in [6.45, 7) is 4.00. The Kier molecular flexibility index (Phi) is 7.45. The molecule has 0 aliphatic rings. The Morgan fingerprint density at radius 1 is 1.43 bits per heavy atom. The van der Waals surface area contributed by atoms with Gasteiger partial charge in [-0.05, 0) is 46.1 Å². The summed E-state index contributed by atoms with van der Waals surface area (Å²) in [5.74, 6) is 0. The monoisotopic (exact) mass is 297 g/mol. The maximum atomic E-state index is 9.27. The fourth-order valence-corrected chi connectivity index (χ4v) is 1.46. The summed E-state index contributed by atoms with van der Waals surface area (Å²) in [6, 6.07) is 5.24. The Morgan fingerprint density at radius 3 is 2.43 bits per heavy atom. The van der Waals surface area contributed by atoms with Gasteiger partial charge in [0.25, 0.3) is 0 Å². The van der Waals surface area contributed by atoms with Crippen LogP contribution in [0.2, 0.25) is 5.02 Å². The highest BCUT2D eigenvalue weighted by Crippen LogP contribution is 2.28. The van der Waals surface area contributed by atoms with Crippen LogP contribution in [0.15, 0.2) is 22.7 Å². The first-order chi connectivity index (χ1) is 6.65. The van der Waals surface area contributed by atoms with Gasteiger partial charge >= 0.3 is 0 Å². The minimum absolute atomic E-state index is 0.584. The standard InChI is InChI=1S/C7H7BrClNOS.C2H6/c1-12-10(11)5-2-3-6(8)7(9)4-5;1-2/h2-4,11H,1H3;1-2H3. The van der Waals surface area contributed by atoms with Crippen molar-refractivity contribution < 1.29 is 5.21 Å². The van der Waals surface area contributed by atoms with Crippen molar-refractivity contribution in [3.63, 3.8) is 0 Å². The predicted molar refractivity (Wildman–Crippen MR) is 68.3 cm³/mol. The van der Waals surface area contributed by atoms with Crippen LogP contribution in [0.5, 0.6) is 0 Å². The van der Waals surface area contributed by atoms with E-state index >= 15 is 0 Å². The molecule has 0 bridgehead atoms. The first-order valence-corrected chi connectivity index (χ1v) is 6.48. The van der Waals surface area contributed by atoms with Gasteiger partial charge in [0.1, 0.15) is 0 Å². The van der Waals surface area contributed by atoms with Gasteiger partial charge in [0.05, 0.1) is 10.7 Å². The Labute approximate surface area is 102 Å². The maximum Gasteiger partial charge on any atom is 0.0779 e. The minimum atomic E-state index is 0.584. The highest BCUT2D eigenvalue weighted by atomic mass is 79.9. The molecule has 0 saturated carbocycles. The van der Waals surface area contributed by atoms with Gasteiger partial charge in [-0.3, -0.25) is 5.21 Å². The molecule has 0 heterocycles. The van der Waals surface area contributed by atoms with Crippen LogP contribution < -0.4 is 4.47 Å². The van der Waals surface area contributed by atoms with Crippen molar-refractivity contribution in [2.75, 3.05) is 10.7 Å². The largest absolute Gasteiger partial charge is 0.278 e. The van der Waals surface area contributed by atoms with Crippen LogP contribution >= 0.6 is 39.5 Å². The van der Waals surface area contributed by atoms with Crippen molar-refractivity contribution in [3.05, 3.63) is 27.7 Å². The lowest BCUT2D eigenvalue weighted by Crippen LogP contribution is -2.05. The molecule has 0 spiro atoms. The Balaban J connectivity index is 0.000000791. The van der Waals surface area contributed by atoms with Crippen molar-refractivity contribution in [2.24, 2.45) is 0 Å². The van der Waals surface area contributed by atoms with Crippen molar-refractivity contribution >= 4 is 45.2 Å². The van der Waals surface area contributed by atoms with Crippen LogP contribution in [0.25, 0.3) is 0 Å². The first kappa shape index (κ1) is 14.1. The topological polar surface area (TPSA) is 23.5 Å². The van der Waals surface area contributed by atoms with E-state index in [1.807, 2.05) is 13.8 Å². The molecule has 0 aromatic heterocycles. The lowest BCUT2D eigenvalue weighted by Gasteiger charge is -2.12. The number of benzene rings is 1. The van der Waals surface area contributed by atoms with Crippen LogP contribution in [0.4, 0.5) is 5.69 Å². The predicted octanol–water partition coefficient (Wildman–Crippen LogP) is 4.60. The van der Waals surface area contributed by atoms with Crippen LogP contribution in [0.3, 0.4) is 0 Å². The van der Waals surface area contributed by atoms with E-state index in [-0.39, 0.29) is 0 Å². The normalized spacial score (nSPS) is 9.00. The van der Waals surface area contributed by atoms with Crippen molar-refractivity contribution in [2.45, 2.75) is 13.8 Å². The fourth-order valence-electron chi connectivity index (χ4n) is 0.709. The molecule has 2 nitrogen and oxygen atoms in total. The van der Waals surface area contributed by atoms with Gasteiger partial charge in [0.2, 0.25) is 0 Å². The second-order valence-electron chi connectivity index (χ2n) is 2.05. The molecule has 1 N–H and O–H groups in total. The zero-order valence-electron chi connectivity index (χ0n) is 8.29. The molecule has 14 heavy (non-hydrogen) atoms. The molecular weight excluding hydrogens is 286 g/mol. The summed E-state index contributed by atoms with van der Waals surface area (Å²) in [5.41, 5.74) is 0.663. The van der Waals surface area contributed by atoms with E-state index in [0.29, 0.717) is 10.7 Å². The van der Waals surface area contributed by atoms with E-state index in [0.717, 1.165) is 8.94 Å². The molecule has 0 radical (unpaired) electrons. The van der Waals surface area contributed by atoms with Gasteiger partial charge in [-0.1, -0.05) is 25.4 Å². The maximum absolute atomic E-state index is 9.27. The molecule has 0 aliphatic carbocycles. The molecule has 0 amide bonds. The highest BCUT2D eigenvalue weighted by molar-refractivity contribution is 9.10. The van der Waals surface area contributed by atoms with E-state index in [2.05, 4.69) is 15.9 Å². The zero-order chi connectivity index (χ0) is 11.1. The van der Waals surface area contributed by atoms with Crippen LogP contribution in [0.1, 0.15) is 13.8 Å². The van der Waals surface area contributed by atoms with Crippen LogP contribution in [0, 0.1) is 0 Å². The number of nitrogens with zero attached hydrogens (tertiary/aromatic N) is 1. The summed E-state index contributed by atoms with van der Waals surface area (Å²) in [6.07, 6.45) is 1.77. The van der Waals surface area contributed by atoms with Crippen LogP contribution in [-0.2, 0) is 0 Å². The van der Waals surface area contributed by atoms with E-state index in [1.165, 1.54) is 11.9 Å². The van der Waals surface area contributed by atoms with Gasteiger partial charge in [-0.2, -0.15) is 4.47 Å². The summed E-state index contributed by atoms with van der Waals surface area (Å²) in [7, 11) is 0. The molecule has 80 valence electrons. The lowest BCUT2D eigenvalue weighted by molar-refractivity contribution is 0.332. The number of hydrogen-bond acceptors (Lipinski definition) is 3. The molecule has 1 aromatic carbocycles. The van der Waals surface area contributed by atoms with Gasteiger partial charge in [-0.15, -0.1) is 0 Å². The van der Waals surface area contributed by atoms with Crippen LogP contribution in [-0.4, -0.2) is 11.5 Å². The Hall–Kier alpha value is 0.1000. The van der Waals surface area contributed by atoms with Crippen molar-refractivity contribution in [1.82, 2.24) is 0 Å². The average molecular weight is 299 g/mol. The number of hydrogen-bond donors (Lipinski definition) is 1. The second kappa shape index (κ2) is 7.40. The molecule has 0 atom stereocenters. The third-order valence-electron chi connectivity index (χ3n) is 1.30. The third-order valence-corrected chi connectivity index (χ3v) is 3.09. The molecule has 0 unspecified atom stereocenters. The van der Waals surface area contributed by atoms with Gasteiger partial charge in [0, 0.05) is 10.7 Å². The highest BCUT2D eigenvalue weighted by Gasteiger charge is 2.03. The second-order valence-corrected chi connectivity index (χ2v) is 4.03. The fraction of sp³-hybridized carbons (Fsp3) is 0.333. The first-order valence-electron chi connectivity index (χ1n) is 4.13. The Bertz CT molecular complexity index is 286. The van der Waals surface area contributed by atoms with Crippen molar-refractivity contribution in [3.8, 4) is 0 Å². The quantitative estimate of drug-likeness (QED) is 0.637. The molecular formula is C9H13BrClNOS. The van der Waals surface area contributed by atoms with E-state index in [9.17, 15) is 5.21 Å². The summed E-state index contributed by atoms with van der Waals surface area (Å²) < 4.78 is 1.88. The van der Waals surface area contributed by atoms with Gasteiger partial charge in [-0.25, -0.2) is 0 Å². The molecule has 0 fully saturated rings. The molecule has 1 rings (SSSR count). The van der Waals surface area contributed by atoms with E-state index in [1.54, 1.807) is 24.5 Å². The Morgan fingerprint density at radius 2 is 2.00 bits per heavy atom. The number of anilines is 1. The lowest BCUT2D eigenvalue weighted by atomic mass is 10.3. The molecule has 5 heteroatoms. The molecule has 1 aromatic rings. The average Bonchev–Trinajstić information content (AvgIpc) is 2.24. The molecule has 0 saturated heterocycles. The van der Waals surface area contributed by atoms with E-state index < -0.39 is 0 Å². The summed E-state index contributed by atoms with van der Waals surface area (Å²) in [5, 5.41) is 9.85. The SMILES string of the molecule is CC.CSN(O)c1ccc(Br)c(Cl)c1. The number of halogens is 2. The molecule has 0 aliphatic heterocycles. The van der Waals surface area contributed by atoms with E-state index in [4.69, 9.17) is 11.6 Å². The minimum Gasteiger partial charge on any atom is -0.278 e. The number of rotatable bonds is 2. The summed E-state index contributed by atoms with van der Waals surface area (Å²) in [4.78, 5) is 0. The van der Waals surface area contributed by atoms with Gasteiger partial charge < -0.3 is 0 Å².